The molecule has 0 unspecified atom stereocenters. The number of nitrogens with two attached hydrogens (primary N) is 1. The van der Waals surface area contributed by atoms with Crippen molar-refractivity contribution in [2.45, 2.75) is 51.6 Å². The molecule has 0 atom stereocenters. The summed E-state index contributed by atoms with van der Waals surface area (Å²) < 4.78 is 0. The maximum Gasteiger partial charge on any atom is 0.322 e. The molecule has 1 aromatic rings. The standard InChI is InChI=1S/C16H25N3O/c1-3-19(15-9-7-13(17)8-10-15)16(20)18-14-6-4-5-12(2)11-14/h4-6,11,13,15H,3,7-10,17H2,1-2H3,(H,18,20). The molecule has 0 heterocycles. The molecule has 2 rings (SSSR count). The number of urea groups is 1. The van der Waals surface area contributed by atoms with Crippen LogP contribution in [0.3, 0.4) is 0 Å². The van der Waals surface area contributed by atoms with E-state index in [4.69, 9.17) is 5.73 Å². The van der Waals surface area contributed by atoms with Crippen LogP contribution in [0.15, 0.2) is 24.3 Å². The Kier molecular flexibility index (Phi) is 5.01. The van der Waals surface area contributed by atoms with Gasteiger partial charge in [-0.2, -0.15) is 0 Å². The number of carbonyl (C=O) groups excluding carboxylic acids is 1. The van der Waals surface area contributed by atoms with Crippen molar-refractivity contribution in [3.63, 3.8) is 0 Å². The van der Waals surface area contributed by atoms with Crippen molar-refractivity contribution in [2.75, 3.05) is 11.9 Å². The largest absolute Gasteiger partial charge is 0.328 e. The first-order valence-electron chi connectivity index (χ1n) is 7.50. The number of hydrogen-bond donors (Lipinski definition) is 2. The van der Waals surface area contributed by atoms with E-state index >= 15 is 0 Å². The molecule has 0 aliphatic heterocycles. The number of carbonyl (C=O) groups is 1. The lowest BCUT2D eigenvalue weighted by molar-refractivity contribution is 0.167. The second-order valence-corrected chi connectivity index (χ2v) is 5.65. The van der Waals surface area contributed by atoms with Crippen LogP contribution in [0.5, 0.6) is 0 Å². The first-order valence-corrected chi connectivity index (χ1v) is 7.50. The van der Waals surface area contributed by atoms with Gasteiger partial charge in [-0.05, 0) is 57.2 Å². The first kappa shape index (κ1) is 14.9. The van der Waals surface area contributed by atoms with Crippen LogP contribution in [0.4, 0.5) is 10.5 Å². The number of rotatable bonds is 3. The van der Waals surface area contributed by atoms with Gasteiger partial charge in [-0.1, -0.05) is 12.1 Å². The Morgan fingerprint density at radius 2 is 2.05 bits per heavy atom. The molecule has 4 nitrogen and oxygen atoms in total. The van der Waals surface area contributed by atoms with E-state index in [1.165, 1.54) is 0 Å². The summed E-state index contributed by atoms with van der Waals surface area (Å²) in [5, 5.41) is 3.00. The van der Waals surface area contributed by atoms with Gasteiger partial charge in [0.05, 0.1) is 0 Å². The Bertz CT molecular complexity index is 453. The quantitative estimate of drug-likeness (QED) is 0.890. The number of aryl methyl sites for hydroxylation is 1. The van der Waals surface area contributed by atoms with E-state index in [2.05, 4.69) is 5.32 Å². The molecule has 1 aliphatic rings. The lowest BCUT2D eigenvalue weighted by Gasteiger charge is -2.35. The number of anilines is 1. The van der Waals surface area contributed by atoms with Crippen LogP contribution in [0.25, 0.3) is 0 Å². The van der Waals surface area contributed by atoms with Crippen molar-refractivity contribution >= 4 is 11.7 Å². The monoisotopic (exact) mass is 275 g/mol. The Morgan fingerprint density at radius 1 is 1.35 bits per heavy atom. The molecule has 0 spiro atoms. The van der Waals surface area contributed by atoms with Crippen LogP contribution >= 0.6 is 0 Å². The molecule has 0 bridgehead atoms. The minimum atomic E-state index is -0.00132. The highest BCUT2D eigenvalue weighted by molar-refractivity contribution is 5.89. The maximum absolute atomic E-state index is 12.4. The summed E-state index contributed by atoms with van der Waals surface area (Å²) in [5.41, 5.74) is 7.95. The van der Waals surface area contributed by atoms with Crippen molar-refractivity contribution in [3.8, 4) is 0 Å². The summed E-state index contributed by atoms with van der Waals surface area (Å²) in [5.74, 6) is 0. The summed E-state index contributed by atoms with van der Waals surface area (Å²) in [4.78, 5) is 14.4. The molecule has 1 fully saturated rings. The van der Waals surface area contributed by atoms with E-state index in [1.54, 1.807) is 0 Å². The molecule has 0 aromatic heterocycles. The Morgan fingerprint density at radius 3 is 2.65 bits per heavy atom. The predicted octanol–water partition coefficient (Wildman–Crippen LogP) is 3.12. The molecule has 3 N–H and O–H groups in total. The van der Waals surface area contributed by atoms with Gasteiger partial charge in [0.1, 0.15) is 0 Å². The van der Waals surface area contributed by atoms with E-state index < -0.39 is 0 Å². The zero-order valence-electron chi connectivity index (χ0n) is 12.4. The van der Waals surface area contributed by atoms with Gasteiger partial charge >= 0.3 is 6.03 Å². The van der Waals surface area contributed by atoms with Crippen LogP contribution in [0.1, 0.15) is 38.2 Å². The molecule has 1 aliphatic carbocycles. The number of amides is 2. The second kappa shape index (κ2) is 6.75. The molecule has 0 saturated heterocycles. The van der Waals surface area contributed by atoms with Crippen molar-refractivity contribution in [2.24, 2.45) is 5.73 Å². The lowest BCUT2D eigenvalue weighted by atomic mass is 9.91. The Balaban J connectivity index is 1.98. The average molecular weight is 275 g/mol. The van der Waals surface area contributed by atoms with Crippen LogP contribution < -0.4 is 11.1 Å². The molecule has 2 amide bonds. The normalized spacial score (nSPS) is 22.4. The first-order chi connectivity index (χ1) is 9.60. The molecule has 110 valence electrons. The smallest absolute Gasteiger partial charge is 0.322 e. The minimum absolute atomic E-state index is 0.00132. The molecular formula is C16H25N3O. The Hall–Kier alpha value is -1.55. The van der Waals surface area contributed by atoms with Gasteiger partial charge in [0.2, 0.25) is 0 Å². The number of hydrogen-bond acceptors (Lipinski definition) is 2. The molecule has 1 saturated carbocycles. The average Bonchev–Trinajstić information content (AvgIpc) is 2.42. The fourth-order valence-electron chi connectivity index (χ4n) is 2.90. The van der Waals surface area contributed by atoms with E-state index in [0.717, 1.165) is 43.5 Å². The summed E-state index contributed by atoms with van der Waals surface area (Å²) >= 11 is 0. The summed E-state index contributed by atoms with van der Waals surface area (Å²) in [6.45, 7) is 4.79. The fraction of sp³-hybridized carbons (Fsp3) is 0.562. The molecule has 1 aromatic carbocycles. The molecule has 0 radical (unpaired) electrons. The predicted molar refractivity (Wildman–Crippen MR) is 82.8 cm³/mol. The van der Waals surface area contributed by atoms with E-state index in [-0.39, 0.29) is 6.03 Å². The minimum Gasteiger partial charge on any atom is -0.328 e. The van der Waals surface area contributed by atoms with Gasteiger partial charge in [0.15, 0.2) is 0 Å². The van der Waals surface area contributed by atoms with Gasteiger partial charge in [-0.3, -0.25) is 0 Å². The number of benzene rings is 1. The maximum atomic E-state index is 12.4. The topological polar surface area (TPSA) is 58.4 Å². The van der Waals surface area contributed by atoms with Gasteiger partial charge in [-0.15, -0.1) is 0 Å². The highest BCUT2D eigenvalue weighted by Crippen LogP contribution is 2.23. The van der Waals surface area contributed by atoms with Gasteiger partial charge in [0.25, 0.3) is 0 Å². The third-order valence-electron chi connectivity index (χ3n) is 4.05. The SMILES string of the molecule is CCN(C(=O)Nc1cccc(C)c1)C1CCC(N)CC1. The van der Waals surface area contributed by atoms with Crippen LogP contribution in [0, 0.1) is 6.92 Å². The fourth-order valence-corrected chi connectivity index (χ4v) is 2.90. The zero-order valence-corrected chi connectivity index (χ0v) is 12.4. The van der Waals surface area contributed by atoms with Gasteiger partial charge in [0, 0.05) is 24.3 Å². The summed E-state index contributed by atoms with van der Waals surface area (Å²) in [6, 6.07) is 8.53. The van der Waals surface area contributed by atoms with E-state index in [1.807, 2.05) is 43.0 Å². The lowest BCUT2D eigenvalue weighted by Crippen LogP contribution is -2.46. The van der Waals surface area contributed by atoms with Crippen molar-refractivity contribution in [3.05, 3.63) is 29.8 Å². The Labute approximate surface area is 121 Å². The third kappa shape index (κ3) is 3.73. The third-order valence-corrected chi connectivity index (χ3v) is 4.05. The molecule has 4 heteroatoms. The van der Waals surface area contributed by atoms with Crippen molar-refractivity contribution < 1.29 is 4.79 Å². The number of nitrogens with one attached hydrogen (secondary N) is 1. The zero-order chi connectivity index (χ0) is 14.5. The van der Waals surface area contributed by atoms with Crippen molar-refractivity contribution in [1.29, 1.82) is 0 Å². The van der Waals surface area contributed by atoms with Crippen molar-refractivity contribution in [1.82, 2.24) is 4.90 Å². The van der Waals surface area contributed by atoms with Crippen LogP contribution in [0.2, 0.25) is 0 Å². The van der Waals surface area contributed by atoms with E-state index in [9.17, 15) is 4.79 Å². The van der Waals surface area contributed by atoms with E-state index in [0.29, 0.717) is 12.1 Å². The highest BCUT2D eigenvalue weighted by atomic mass is 16.2. The summed E-state index contributed by atoms with van der Waals surface area (Å²) in [6.07, 6.45) is 4.05. The molecular weight excluding hydrogens is 250 g/mol. The van der Waals surface area contributed by atoms with Crippen LogP contribution in [-0.4, -0.2) is 29.6 Å². The molecule has 20 heavy (non-hydrogen) atoms. The van der Waals surface area contributed by atoms with Gasteiger partial charge < -0.3 is 16.0 Å². The van der Waals surface area contributed by atoms with Gasteiger partial charge in [-0.25, -0.2) is 4.79 Å². The highest BCUT2D eigenvalue weighted by Gasteiger charge is 2.26. The number of nitrogens with zero attached hydrogens (tertiary/aromatic N) is 1. The van der Waals surface area contributed by atoms with Crippen LogP contribution in [-0.2, 0) is 0 Å². The summed E-state index contributed by atoms with van der Waals surface area (Å²) in [7, 11) is 0. The second-order valence-electron chi connectivity index (χ2n) is 5.65.